The highest BCUT2D eigenvalue weighted by molar-refractivity contribution is 5.68. The summed E-state index contributed by atoms with van der Waals surface area (Å²) in [5.41, 5.74) is 3.17. The third-order valence-corrected chi connectivity index (χ3v) is 2.65. The molecule has 0 aliphatic rings. The van der Waals surface area contributed by atoms with Gasteiger partial charge in [-0.15, -0.1) is 0 Å². The first-order valence-corrected chi connectivity index (χ1v) is 6.18. The predicted octanol–water partition coefficient (Wildman–Crippen LogP) is 3.20. The number of carbonyl (C=O) groups is 1. The molecule has 0 aliphatic carbocycles. The van der Waals surface area contributed by atoms with Crippen LogP contribution in [0.5, 0.6) is 0 Å². The first-order chi connectivity index (χ1) is 8.73. The molecule has 0 saturated heterocycles. The van der Waals surface area contributed by atoms with E-state index < -0.39 is 6.09 Å². The van der Waals surface area contributed by atoms with Gasteiger partial charge in [-0.05, 0) is 63.4 Å². The molecule has 1 rings (SSSR count). The van der Waals surface area contributed by atoms with Gasteiger partial charge in [0.2, 0.25) is 0 Å². The van der Waals surface area contributed by atoms with Crippen molar-refractivity contribution in [2.45, 2.75) is 46.8 Å². The summed E-state index contributed by atoms with van der Waals surface area (Å²) in [6.07, 6.45) is -0.435. The smallest absolute Gasteiger partial charge is 0.407 e. The van der Waals surface area contributed by atoms with Gasteiger partial charge in [0, 0.05) is 5.54 Å². The Kier molecular flexibility index (Phi) is 4.55. The van der Waals surface area contributed by atoms with Gasteiger partial charge in [-0.25, -0.2) is 4.79 Å². The average molecular weight is 260 g/mol. The van der Waals surface area contributed by atoms with E-state index in [0.29, 0.717) is 5.56 Å². The number of rotatable bonds is 2. The van der Waals surface area contributed by atoms with Crippen molar-refractivity contribution >= 4 is 6.09 Å². The molecule has 0 bridgehead atoms. The van der Waals surface area contributed by atoms with E-state index in [-0.39, 0.29) is 12.1 Å². The summed E-state index contributed by atoms with van der Waals surface area (Å²) in [4.78, 5) is 11.6. The van der Waals surface area contributed by atoms with E-state index in [1.54, 1.807) is 12.1 Å². The van der Waals surface area contributed by atoms with Gasteiger partial charge in [0.25, 0.3) is 0 Å². The minimum atomic E-state index is -0.435. The van der Waals surface area contributed by atoms with E-state index in [1.165, 1.54) is 0 Å². The van der Waals surface area contributed by atoms with Crippen LogP contribution in [0, 0.1) is 25.2 Å². The summed E-state index contributed by atoms with van der Waals surface area (Å²) in [5, 5.41) is 11.6. The first-order valence-electron chi connectivity index (χ1n) is 6.18. The number of alkyl carbamates (subject to hydrolysis) is 1. The van der Waals surface area contributed by atoms with Crippen molar-refractivity contribution in [3.05, 3.63) is 34.4 Å². The van der Waals surface area contributed by atoms with Crippen molar-refractivity contribution in [1.29, 1.82) is 5.26 Å². The van der Waals surface area contributed by atoms with Crippen LogP contribution in [0.15, 0.2) is 12.1 Å². The van der Waals surface area contributed by atoms with Crippen LogP contribution in [0.3, 0.4) is 0 Å². The van der Waals surface area contributed by atoms with Crippen molar-refractivity contribution < 1.29 is 9.53 Å². The maximum atomic E-state index is 11.6. The predicted molar refractivity (Wildman–Crippen MR) is 73.7 cm³/mol. The Hall–Kier alpha value is -2.02. The molecule has 0 saturated carbocycles. The number of aryl methyl sites for hydroxylation is 2. The van der Waals surface area contributed by atoms with Crippen LogP contribution in [0.1, 0.15) is 43.0 Å². The number of amides is 1. The Labute approximate surface area is 114 Å². The summed E-state index contributed by atoms with van der Waals surface area (Å²) in [6.45, 7) is 9.72. The molecule has 102 valence electrons. The highest BCUT2D eigenvalue weighted by atomic mass is 16.5. The molecule has 0 heterocycles. The fourth-order valence-electron chi connectivity index (χ4n) is 1.77. The number of nitrogens with one attached hydrogen (secondary N) is 1. The summed E-state index contributed by atoms with van der Waals surface area (Å²) in [5.74, 6) is 0. The normalized spacial score (nSPS) is 10.7. The molecular formula is C15H20N2O2. The Morgan fingerprint density at radius 3 is 2.26 bits per heavy atom. The van der Waals surface area contributed by atoms with Gasteiger partial charge in [0.05, 0.1) is 11.6 Å². The van der Waals surface area contributed by atoms with Crippen molar-refractivity contribution in [2.24, 2.45) is 0 Å². The van der Waals surface area contributed by atoms with Crippen molar-refractivity contribution in [3.63, 3.8) is 0 Å². The van der Waals surface area contributed by atoms with E-state index >= 15 is 0 Å². The third-order valence-electron chi connectivity index (χ3n) is 2.65. The van der Waals surface area contributed by atoms with E-state index in [1.807, 2.05) is 34.6 Å². The zero-order valence-electron chi connectivity index (χ0n) is 12.1. The first kappa shape index (κ1) is 15.0. The number of benzene rings is 1. The SMILES string of the molecule is Cc1cc(C#N)cc(C)c1COC(=O)NC(C)(C)C. The standard InChI is InChI=1S/C15H20N2O2/c1-10-6-12(8-16)7-11(2)13(10)9-19-14(18)17-15(3,4)5/h6-7H,9H2,1-5H3,(H,17,18). The van der Waals surface area contributed by atoms with Crippen LogP contribution in [-0.2, 0) is 11.3 Å². The van der Waals surface area contributed by atoms with Gasteiger partial charge in [0.1, 0.15) is 6.61 Å². The van der Waals surface area contributed by atoms with Gasteiger partial charge < -0.3 is 10.1 Å². The zero-order chi connectivity index (χ0) is 14.6. The van der Waals surface area contributed by atoms with Gasteiger partial charge >= 0.3 is 6.09 Å². The van der Waals surface area contributed by atoms with E-state index in [9.17, 15) is 4.79 Å². The van der Waals surface area contributed by atoms with Gasteiger partial charge in [-0.2, -0.15) is 5.26 Å². The van der Waals surface area contributed by atoms with Crippen molar-refractivity contribution in [1.82, 2.24) is 5.32 Å². The van der Waals surface area contributed by atoms with Gasteiger partial charge in [-0.1, -0.05) is 0 Å². The Morgan fingerprint density at radius 2 is 1.84 bits per heavy atom. The molecular weight excluding hydrogens is 240 g/mol. The van der Waals surface area contributed by atoms with Crippen LogP contribution in [-0.4, -0.2) is 11.6 Å². The van der Waals surface area contributed by atoms with E-state index in [0.717, 1.165) is 16.7 Å². The monoisotopic (exact) mass is 260 g/mol. The molecule has 1 amide bonds. The van der Waals surface area contributed by atoms with Gasteiger partial charge in [0.15, 0.2) is 0 Å². The molecule has 0 unspecified atom stereocenters. The van der Waals surface area contributed by atoms with Crippen LogP contribution >= 0.6 is 0 Å². The number of hydrogen-bond donors (Lipinski definition) is 1. The Balaban J connectivity index is 2.74. The highest BCUT2D eigenvalue weighted by Crippen LogP contribution is 2.17. The number of ether oxygens (including phenoxy) is 1. The fourth-order valence-corrected chi connectivity index (χ4v) is 1.77. The minimum absolute atomic E-state index is 0.214. The van der Waals surface area contributed by atoms with Crippen LogP contribution in [0.25, 0.3) is 0 Å². The molecule has 4 nitrogen and oxygen atoms in total. The maximum Gasteiger partial charge on any atom is 0.407 e. The second kappa shape index (κ2) is 5.75. The lowest BCUT2D eigenvalue weighted by Crippen LogP contribution is -2.40. The van der Waals surface area contributed by atoms with Crippen LogP contribution < -0.4 is 5.32 Å². The minimum Gasteiger partial charge on any atom is -0.445 e. The van der Waals surface area contributed by atoms with Crippen LogP contribution in [0.2, 0.25) is 0 Å². The Morgan fingerprint density at radius 1 is 1.32 bits per heavy atom. The fraction of sp³-hybridized carbons (Fsp3) is 0.467. The second-order valence-corrected chi connectivity index (χ2v) is 5.65. The van der Waals surface area contributed by atoms with Crippen molar-refractivity contribution in [3.8, 4) is 6.07 Å². The third kappa shape index (κ3) is 4.63. The molecule has 0 radical (unpaired) electrons. The highest BCUT2D eigenvalue weighted by Gasteiger charge is 2.15. The summed E-state index contributed by atoms with van der Waals surface area (Å²) < 4.78 is 5.21. The summed E-state index contributed by atoms with van der Waals surface area (Å²) in [6, 6.07) is 5.71. The van der Waals surface area contributed by atoms with Crippen molar-refractivity contribution in [2.75, 3.05) is 0 Å². The quantitative estimate of drug-likeness (QED) is 0.888. The lowest BCUT2D eigenvalue weighted by atomic mass is 10.0. The lowest BCUT2D eigenvalue weighted by Gasteiger charge is -2.20. The molecule has 4 heteroatoms. The van der Waals surface area contributed by atoms with Gasteiger partial charge in [-0.3, -0.25) is 0 Å². The molecule has 19 heavy (non-hydrogen) atoms. The Bertz CT molecular complexity index is 499. The topological polar surface area (TPSA) is 62.1 Å². The van der Waals surface area contributed by atoms with E-state index in [2.05, 4.69) is 11.4 Å². The summed E-state index contributed by atoms with van der Waals surface area (Å²) in [7, 11) is 0. The number of carbonyl (C=O) groups excluding carboxylic acids is 1. The van der Waals surface area contributed by atoms with E-state index in [4.69, 9.17) is 10.00 Å². The molecule has 0 atom stereocenters. The number of nitriles is 1. The zero-order valence-corrected chi connectivity index (χ0v) is 12.1. The molecule has 1 aromatic rings. The molecule has 1 N–H and O–H groups in total. The lowest BCUT2D eigenvalue weighted by molar-refractivity contribution is 0.131. The maximum absolute atomic E-state index is 11.6. The molecule has 0 spiro atoms. The molecule has 0 fully saturated rings. The number of hydrogen-bond acceptors (Lipinski definition) is 3. The molecule has 1 aromatic carbocycles. The molecule has 0 aliphatic heterocycles. The number of nitrogens with zero attached hydrogens (tertiary/aromatic N) is 1. The largest absolute Gasteiger partial charge is 0.445 e. The average Bonchev–Trinajstić information content (AvgIpc) is 2.25. The summed E-state index contributed by atoms with van der Waals surface area (Å²) >= 11 is 0. The van der Waals surface area contributed by atoms with Crippen LogP contribution in [0.4, 0.5) is 4.79 Å². The second-order valence-electron chi connectivity index (χ2n) is 5.65. The molecule has 0 aromatic heterocycles.